The van der Waals surface area contributed by atoms with Crippen molar-refractivity contribution in [2.45, 2.75) is 11.6 Å². The molecule has 0 fully saturated rings. The number of methoxy groups -OCH3 is 1. The molecule has 0 aliphatic heterocycles. The molecule has 0 aliphatic carbocycles. The van der Waals surface area contributed by atoms with E-state index in [2.05, 4.69) is 15.5 Å². The first-order valence-corrected chi connectivity index (χ1v) is 8.24. The van der Waals surface area contributed by atoms with E-state index in [4.69, 9.17) is 9.15 Å². The topological polar surface area (TPSA) is 111 Å². The average Bonchev–Trinajstić information content (AvgIpc) is 2.96. The van der Waals surface area contributed by atoms with E-state index in [1.54, 1.807) is 24.3 Å². The van der Waals surface area contributed by atoms with Gasteiger partial charge >= 0.3 is 5.22 Å². The van der Waals surface area contributed by atoms with Gasteiger partial charge in [0.1, 0.15) is 5.75 Å². The Kier molecular flexibility index (Phi) is 4.76. The van der Waals surface area contributed by atoms with Gasteiger partial charge in [0, 0.05) is 24.8 Å². The fraction of sp³-hybridized carbons (Fsp3) is 0.308. The predicted octanol–water partition coefficient (Wildman–Crippen LogP) is 0.454. The van der Waals surface area contributed by atoms with Gasteiger partial charge in [-0.3, -0.25) is 4.79 Å². The van der Waals surface area contributed by atoms with Gasteiger partial charge in [-0.15, -0.1) is 5.10 Å². The zero-order valence-electron chi connectivity index (χ0n) is 12.1. The van der Waals surface area contributed by atoms with E-state index in [0.717, 1.165) is 6.26 Å². The zero-order chi connectivity index (χ0) is 16.2. The molecule has 1 heterocycles. The maximum absolute atomic E-state index is 11.9. The molecular formula is C13H15N3O5S. The van der Waals surface area contributed by atoms with Gasteiger partial charge in [-0.2, -0.15) is 0 Å². The van der Waals surface area contributed by atoms with Crippen molar-refractivity contribution in [3.63, 3.8) is 0 Å². The third-order valence-corrected chi connectivity index (χ3v) is 3.52. The number of amides is 1. The Morgan fingerprint density at radius 3 is 2.77 bits per heavy atom. The number of nitrogens with zero attached hydrogens (tertiary/aromatic N) is 2. The number of nitrogens with one attached hydrogen (secondary N) is 1. The molecule has 1 aromatic carbocycles. The van der Waals surface area contributed by atoms with Crippen molar-refractivity contribution in [1.82, 2.24) is 15.5 Å². The van der Waals surface area contributed by atoms with E-state index in [1.807, 2.05) is 0 Å². The van der Waals surface area contributed by atoms with Gasteiger partial charge < -0.3 is 14.5 Å². The Morgan fingerprint density at radius 1 is 1.36 bits per heavy atom. The number of carbonyl (C=O) groups excluding carboxylic acids is 1. The number of hydrogen-bond acceptors (Lipinski definition) is 7. The van der Waals surface area contributed by atoms with E-state index >= 15 is 0 Å². The van der Waals surface area contributed by atoms with Crippen LogP contribution < -0.4 is 10.1 Å². The lowest BCUT2D eigenvalue weighted by Gasteiger charge is -2.05. The molecule has 0 saturated heterocycles. The molecule has 2 rings (SSSR count). The smallest absolute Gasteiger partial charge is 0.335 e. The zero-order valence-corrected chi connectivity index (χ0v) is 12.9. The minimum absolute atomic E-state index is 0.145. The van der Waals surface area contributed by atoms with Crippen LogP contribution in [0.15, 0.2) is 33.9 Å². The fourth-order valence-electron chi connectivity index (χ4n) is 1.64. The van der Waals surface area contributed by atoms with Crippen LogP contribution in [0.2, 0.25) is 0 Å². The van der Waals surface area contributed by atoms with Gasteiger partial charge in [0.05, 0.1) is 7.11 Å². The number of sulfone groups is 1. The van der Waals surface area contributed by atoms with Crippen LogP contribution in [0.1, 0.15) is 16.2 Å². The summed E-state index contributed by atoms with van der Waals surface area (Å²) in [5.74, 6) is 0.454. The summed E-state index contributed by atoms with van der Waals surface area (Å²) >= 11 is 0. The summed E-state index contributed by atoms with van der Waals surface area (Å²) in [5, 5.41) is 9.29. The van der Waals surface area contributed by atoms with Crippen LogP contribution in [0.4, 0.5) is 0 Å². The van der Waals surface area contributed by atoms with Crippen LogP contribution in [0.3, 0.4) is 0 Å². The highest BCUT2D eigenvalue weighted by Gasteiger charge is 2.16. The Bertz CT molecular complexity index is 769. The van der Waals surface area contributed by atoms with Crippen molar-refractivity contribution in [2.75, 3.05) is 19.9 Å². The summed E-state index contributed by atoms with van der Waals surface area (Å²) in [4.78, 5) is 11.9. The van der Waals surface area contributed by atoms with Crippen molar-refractivity contribution < 1.29 is 22.4 Å². The first-order valence-electron chi connectivity index (χ1n) is 6.35. The molecule has 118 valence electrons. The quantitative estimate of drug-likeness (QED) is 0.821. The van der Waals surface area contributed by atoms with Crippen molar-refractivity contribution in [2.24, 2.45) is 0 Å². The van der Waals surface area contributed by atoms with E-state index in [9.17, 15) is 13.2 Å². The van der Waals surface area contributed by atoms with Crippen LogP contribution in [-0.4, -0.2) is 44.4 Å². The molecule has 0 aliphatic rings. The number of aromatic nitrogens is 2. The van der Waals surface area contributed by atoms with Crippen LogP contribution in [0.5, 0.6) is 5.75 Å². The SMILES string of the molecule is COc1cccc(C(=O)NCCc2nnc(S(C)(=O)=O)o2)c1. The van der Waals surface area contributed by atoms with Crippen molar-refractivity contribution in [3.8, 4) is 5.75 Å². The van der Waals surface area contributed by atoms with Gasteiger partial charge in [0.15, 0.2) is 0 Å². The third kappa shape index (κ3) is 4.04. The molecule has 0 spiro atoms. The van der Waals surface area contributed by atoms with Crippen molar-refractivity contribution >= 4 is 15.7 Å². The second-order valence-electron chi connectivity index (χ2n) is 4.47. The molecule has 9 heteroatoms. The average molecular weight is 325 g/mol. The maximum atomic E-state index is 11.9. The summed E-state index contributed by atoms with van der Waals surface area (Å²) in [6, 6.07) is 6.72. The van der Waals surface area contributed by atoms with Crippen LogP contribution in [0.25, 0.3) is 0 Å². The predicted molar refractivity (Wildman–Crippen MR) is 76.4 cm³/mol. The van der Waals surface area contributed by atoms with Crippen LogP contribution >= 0.6 is 0 Å². The minimum Gasteiger partial charge on any atom is -0.497 e. The lowest BCUT2D eigenvalue weighted by Crippen LogP contribution is -2.25. The highest BCUT2D eigenvalue weighted by molar-refractivity contribution is 7.90. The number of ether oxygens (including phenoxy) is 1. The lowest BCUT2D eigenvalue weighted by molar-refractivity contribution is 0.0953. The summed E-state index contributed by atoms with van der Waals surface area (Å²) in [6.07, 6.45) is 1.22. The van der Waals surface area contributed by atoms with Gasteiger partial charge in [-0.1, -0.05) is 11.2 Å². The highest BCUT2D eigenvalue weighted by Crippen LogP contribution is 2.12. The molecule has 0 unspecified atom stereocenters. The number of hydrogen-bond donors (Lipinski definition) is 1. The first kappa shape index (κ1) is 16.0. The normalized spacial score (nSPS) is 11.2. The standard InChI is InChI=1S/C13H15N3O5S/c1-20-10-5-3-4-9(8-10)12(17)14-7-6-11-15-16-13(21-11)22(2,18)19/h3-5,8H,6-7H2,1-2H3,(H,14,17). The van der Waals surface area contributed by atoms with E-state index in [-0.39, 0.29) is 24.8 Å². The van der Waals surface area contributed by atoms with Gasteiger partial charge in [0.25, 0.3) is 5.91 Å². The number of benzene rings is 1. The van der Waals surface area contributed by atoms with Gasteiger partial charge in [-0.25, -0.2) is 8.42 Å². The lowest BCUT2D eigenvalue weighted by atomic mass is 10.2. The monoisotopic (exact) mass is 325 g/mol. The number of rotatable bonds is 6. The summed E-state index contributed by atoms with van der Waals surface area (Å²) in [6.45, 7) is 0.238. The van der Waals surface area contributed by atoms with Crippen molar-refractivity contribution in [3.05, 3.63) is 35.7 Å². The molecule has 0 saturated carbocycles. The van der Waals surface area contributed by atoms with Gasteiger partial charge in [-0.05, 0) is 18.2 Å². The second-order valence-corrected chi connectivity index (χ2v) is 6.37. The molecule has 1 amide bonds. The maximum Gasteiger partial charge on any atom is 0.335 e. The van der Waals surface area contributed by atoms with E-state index in [0.29, 0.717) is 11.3 Å². The molecule has 8 nitrogen and oxygen atoms in total. The van der Waals surface area contributed by atoms with E-state index in [1.165, 1.54) is 7.11 Å². The molecule has 1 N–H and O–H groups in total. The molecule has 22 heavy (non-hydrogen) atoms. The van der Waals surface area contributed by atoms with E-state index < -0.39 is 15.1 Å². The molecular weight excluding hydrogens is 310 g/mol. The fourth-order valence-corrected chi connectivity index (χ4v) is 2.08. The Labute approximate surface area is 127 Å². The molecule has 0 radical (unpaired) electrons. The largest absolute Gasteiger partial charge is 0.497 e. The Balaban J connectivity index is 1.90. The summed E-state index contributed by atoms with van der Waals surface area (Å²) < 4.78 is 32.4. The Hall–Kier alpha value is -2.42. The van der Waals surface area contributed by atoms with Crippen LogP contribution in [-0.2, 0) is 16.3 Å². The summed E-state index contributed by atoms with van der Waals surface area (Å²) in [7, 11) is -2.00. The molecule has 1 aromatic heterocycles. The molecule has 0 bridgehead atoms. The van der Waals surface area contributed by atoms with Crippen LogP contribution in [0, 0.1) is 0 Å². The first-order chi connectivity index (χ1) is 10.4. The molecule has 2 aromatic rings. The van der Waals surface area contributed by atoms with Crippen molar-refractivity contribution in [1.29, 1.82) is 0 Å². The molecule has 0 atom stereocenters. The third-order valence-electron chi connectivity index (χ3n) is 2.72. The summed E-state index contributed by atoms with van der Waals surface area (Å²) in [5.41, 5.74) is 0.460. The highest BCUT2D eigenvalue weighted by atomic mass is 32.2. The second kappa shape index (κ2) is 6.56. The van der Waals surface area contributed by atoms with Gasteiger partial charge in [0.2, 0.25) is 15.7 Å². The Morgan fingerprint density at radius 2 is 2.14 bits per heavy atom. The minimum atomic E-state index is -3.52. The number of carbonyl (C=O) groups is 1.